The Morgan fingerprint density at radius 3 is 2.41 bits per heavy atom. The first-order valence-electron chi connectivity index (χ1n) is 6.59. The van der Waals surface area contributed by atoms with Gasteiger partial charge in [-0.3, -0.25) is 0 Å². The average Bonchev–Trinajstić information content (AvgIpc) is 2.28. The van der Waals surface area contributed by atoms with Crippen LogP contribution >= 0.6 is 0 Å². The topological polar surface area (TPSA) is 38.0 Å². The number of aryl methyl sites for hydroxylation is 1. The van der Waals surface area contributed by atoms with E-state index in [1.54, 1.807) is 0 Å². The van der Waals surface area contributed by atoms with E-state index in [0.717, 1.165) is 13.1 Å². The molecule has 1 aromatic carbocycles. The highest BCUT2D eigenvalue weighted by molar-refractivity contribution is 5.56. The van der Waals surface area contributed by atoms with Crippen molar-refractivity contribution in [3.05, 3.63) is 28.8 Å². The van der Waals surface area contributed by atoms with E-state index in [1.807, 2.05) is 0 Å². The molecule has 1 aliphatic carbocycles. The summed E-state index contributed by atoms with van der Waals surface area (Å²) in [5.74, 6) is 0. The molecule has 0 radical (unpaired) electrons. The van der Waals surface area contributed by atoms with Gasteiger partial charge >= 0.3 is 0 Å². The molecule has 2 rings (SSSR count). The molecule has 0 saturated heterocycles. The van der Waals surface area contributed by atoms with Crippen LogP contribution in [0.4, 0.5) is 5.69 Å². The molecule has 0 aromatic heterocycles. The van der Waals surface area contributed by atoms with E-state index in [0.29, 0.717) is 5.41 Å². The van der Waals surface area contributed by atoms with E-state index < -0.39 is 0 Å². The van der Waals surface area contributed by atoms with Gasteiger partial charge in [0.25, 0.3) is 0 Å². The minimum Gasteiger partial charge on any atom is -0.384 e. The number of hydrogen-bond donors (Lipinski definition) is 2. The first kappa shape index (κ1) is 12.4. The van der Waals surface area contributed by atoms with Gasteiger partial charge in [0.1, 0.15) is 0 Å². The van der Waals surface area contributed by atoms with Crippen LogP contribution in [0.3, 0.4) is 0 Å². The van der Waals surface area contributed by atoms with Crippen molar-refractivity contribution >= 4 is 5.69 Å². The maximum absolute atomic E-state index is 5.89. The predicted octanol–water partition coefficient (Wildman–Crippen LogP) is 3.15. The zero-order valence-electron chi connectivity index (χ0n) is 11.3. The summed E-state index contributed by atoms with van der Waals surface area (Å²) in [7, 11) is 0. The smallest absolute Gasteiger partial charge is 0.0372 e. The average molecular weight is 232 g/mol. The Balaban J connectivity index is 2.07. The van der Waals surface area contributed by atoms with Crippen molar-refractivity contribution in [2.24, 2.45) is 11.1 Å². The summed E-state index contributed by atoms with van der Waals surface area (Å²) in [4.78, 5) is 0. The van der Waals surface area contributed by atoms with Crippen molar-refractivity contribution in [3.63, 3.8) is 0 Å². The second-order valence-electron chi connectivity index (χ2n) is 5.59. The lowest BCUT2D eigenvalue weighted by molar-refractivity contribution is 0.163. The first-order valence-corrected chi connectivity index (χ1v) is 6.59. The van der Waals surface area contributed by atoms with Gasteiger partial charge < -0.3 is 11.1 Å². The molecule has 2 nitrogen and oxygen atoms in total. The Bertz CT molecular complexity index is 400. The van der Waals surface area contributed by atoms with E-state index in [9.17, 15) is 0 Å². The molecule has 0 spiro atoms. The fourth-order valence-corrected chi connectivity index (χ4v) is 2.56. The number of rotatable bonds is 4. The lowest BCUT2D eigenvalue weighted by Gasteiger charge is -2.41. The molecule has 2 heteroatoms. The largest absolute Gasteiger partial charge is 0.384 e. The molecule has 0 bridgehead atoms. The Labute approximate surface area is 105 Å². The van der Waals surface area contributed by atoms with Gasteiger partial charge in [0.2, 0.25) is 0 Å². The lowest BCUT2D eigenvalue weighted by Crippen LogP contribution is -2.43. The van der Waals surface area contributed by atoms with Gasteiger partial charge in [0.15, 0.2) is 0 Å². The number of nitrogens with two attached hydrogens (primary N) is 1. The van der Waals surface area contributed by atoms with Crippen molar-refractivity contribution < 1.29 is 0 Å². The van der Waals surface area contributed by atoms with Gasteiger partial charge in [0.05, 0.1) is 0 Å². The molecule has 3 N–H and O–H groups in total. The van der Waals surface area contributed by atoms with Crippen molar-refractivity contribution in [2.45, 2.75) is 40.0 Å². The highest BCUT2D eigenvalue weighted by atomic mass is 14.9. The van der Waals surface area contributed by atoms with Gasteiger partial charge in [-0.15, -0.1) is 0 Å². The van der Waals surface area contributed by atoms with Crippen LogP contribution in [0.15, 0.2) is 12.1 Å². The van der Waals surface area contributed by atoms with Crippen LogP contribution in [0.1, 0.15) is 36.0 Å². The predicted molar refractivity (Wildman–Crippen MR) is 74.5 cm³/mol. The standard InChI is InChI=1S/C15H24N2/c1-11-5-6-14(13(3)12(11)2)17-10-15(9-16)7-4-8-15/h5-6,17H,4,7-10,16H2,1-3H3. The van der Waals surface area contributed by atoms with E-state index in [1.165, 1.54) is 41.6 Å². The Kier molecular flexibility index (Phi) is 3.43. The van der Waals surface area contributed by atoms with Crippen molar-refractivity contribution in [1.29, 1.82) is 0 Å². The second-order valence-corrected chi connectivity index (χ2v) is 5.59. The fourth-order valence-electron chi connectivity index (χ4n) is 2.56. The molecule has 0 atom stereocenters. The number of nitrogens with one attached hydrogen (secondary N) is 1. The summed E-state index contributed by atoms with van der Waals surface area (Å²) >= 11 is 0. The van der Waals surface area contributed by atoms with E-state index >= 15 is 0 Å². The SMILES string of the molecule is Cc1ccc(NCC2(CN)CCC2)c(C)c1C. The third-order valence-electron chi connectivity index (χ3n) is 4.56. The third-order valence-corrected chi connectivity index (χ3v) is 4.56. The fraction of sp³-hybridized carbons (Fsp3) is 0.600. The van der Waals surface area contributed by atoms with E-state index in [-0.39, 0.29) is 0 Å². The summed E-state index contributed by atoms with van der Waals surface area (Å²) in [6, 6.07) is 4.39. The molecule has 0 heterocycles. The van der Waals surface area contributed by atoms with Crippen molar-refractivity contribution in [1.82, 2.24) is 0 Å². The molecule has 1 fully saturated rings. The summed E-state index contributed by atoms with van der Waals surface area (Å²) in [5, 5.41) is 3.59. The molecule has 94 valence electrons. The molecule has 1 saturated carbocycles. The summed E-state index contributed by atoms with van der Waals surface area (Å²) < 4.78 is 0. The summed E-state index contributed by atoms with van der Waals surface area (Å²) in [6.07, 6.45) is 3.89. The minimum absolute atomic E-state index is 0.366. The van der Waals surface area contributed by atoms with Crippen LogP contribution in [-0.2, 0) is 0 Å². The quantitative estimate of drug-likeness (QED) is 0.837. The first-order chi connectivity index (χ1) is 8.08. The van der Waals surface area contributed by atoms with Crippen molar-refractivity contribution in [2.75, 3.05) is 18.4 Å². The highest BCUT2D eigenvalue weighted by Gasteiger charge is 2.35. The molecule has 0 unspecified atom stereocenters. The Hall–Kier alpha value is -1.02. The monoisotopic (exact) mass is 232 g/mol. The van der Waals surface area contributed by atoms with Crippen LogP contribution in [0.5, 0.6) is 0 Å². The van der Waals surface area contributed by atoms with Crippen molar-refractivity contribution in [3.8, 4) is 0 Å². The molecule has 0 amide bonds. The van der Waals surface area contributed by atoms with E-state index in [4.69, 9.17) is 5.73 Å². The maximum Gasteiger partial charge on any atom is 0.0372 e. The molecule has 1 aliphatic rings. The van der Waals surface area contributed by atoms with Crippen LogP contribution in [-0.4, -0.2) is 13.1 Å². The molecule has 1 aromatic rings. The van der Waals surface area contributed by atoms with Crippen LogP contribution < -0.4 is 11.1 Å². The summed E-state index contributed by atoms with van der Waals surface area (Å²) in [5.41, 5.74) is 11.7. The van der Waals surface area contributed by atoms with Gasteiger partial charge in [-0.2, -0.15) is 0 Å². The molecule has 0 aliphatic heterocycles. The zero-order valence-corrected chi connectivity index (χ0v) is 11.3. The lowest BCUT2D eigenvalue weighted by atomic mass is 9.69. The Morgan fingerprint density at radius 2 is 1.88 bits per heavy atom. The third kappa shape index (κ3) is 2.32. The summed E-state index contributed by atoms with van der Waals surface area (Å²) in [6.45, 7) is 8.38. The van der Waals surface area contributed by atoms with Gasteiger partial charge in [0, 0.05) is 12.2 Å². The second kappa shape index (κ2) is 4.69. The van der Waals surface area contributed by atoms with Crippen LogP contribution in [0.2, 0.25) is 0 Å². The van der Waals surface area contributed by atoms with Crippen LogP contribution in [0, 0.1) is 26.2 Å². The normalized spacial score (nSPS) is 17.6. The number of benzene rings is 1. The molecular weight excluding hydrogens is 208 g/mol. The van der Waals surface area contributed by atoms with E-state index in [2.05, 4.69) is 38.2 Å². The number of hydrogen-bond acceptors (Lipinski definition) is 2. The maximum atomic E-state index is 5.89. The number of anilines is 1. The molecular formula is C15H24N2. The zero-order chi connectivity index (χ0) is 12.5. The van der Waals surface area contributed by atoms with Gasteiger partial charge in [-0.1, -0.05) is 12.5 Å². The Morgan fingerprint density at radius 1 is 1.18 bits per heavy atom. The van der Waals surface area contributed by atoms with Crippen LogP contribution in [0.25, 0.3) is 0 Å². The molecule has 17 heavy (non-hydrogen) atoms. The highest BCUT2D eigenvalue weighted by Crippen LogP contribution is 2.40. The van der Waals surface area contributed by atoms with Gasteiger partial charge in [-0.25, -0.2) is 0 Å². The minimum atomic E-state index is 0.366. The van der Waals surface area contributed by atoms with Gasteiger partial charge in [-0.05, 0) is 68.3 Å².